The second kappa shape index (κ2) is 6.69. The lowest BCUT2D eigenvalue weighted by Crippen LogP contribution is -2.27. The minimum absolute atomic E-state index is 0.0648. The Labute approximate surface area is 118 Å². The van der Waals surface area contributed by atoms with Gasteiger partial charge in [0.15, 0.2) is 0 Å². The molecule has 0 amide bonds. The quantitative estimate of drug-likeness (QED) is 0.816. The topological polar surface area (TPSA) is 79.5 Å². The third-order valence-corrected chi connectivity index (χ3v) is 4.17. The molecular weight excluding hydrogens is 278 g/mol. The van der Waals surface area contributed by atoms with Gasteiger partial charge < -0.3 is 9.52 Å². The number of aliphatic hydroxyl groups is 1. The van der Waals surface area contributed by atoms with Crippen LogP contribution < -0.4 is 4.72 Å². The molecule has 5 nitrogen and oxygen atoms in total. The smallest absolute Gasteiger partial charge is 0.215 e. The molecule has 0 saturated heterocycles. The molecule has 0 aliphatic heterocycles. The van der Waals surface area contributed by atoms with Crippen LogP contribution in [0.3, 0.4) is 0 Å². The molecule has 1 aromatic carbocycles. The van der Waals surface area contributed by atoms with E-state index in [9.17, 15) is 13.5 Å². The van der Waals surface area contributed by atoms with Crippen molar-refractivity contribution in [1.29, 1.82) is 0 Å². The number of benzene rings is 1. The predicted molar refractivity (Wildman–Crippen MR) is 75.4 cm³/mol. The molecule has 1 aromatic heterocycles. The molecule has 6 heteroatoms. The van der Waals surface area contributed by atoms with Gasteiger partial charge in [0.05, 0.1) is 12.0 Å². The number of sulfonamides is 1. The highest BCUT2D eigenvalue weighted by Gasteiger charge is 2.14. The van der Waals surface area contributed by atoms with E-state index >= 15 is 0 Å². The average Bonchev–Trinajstić information content (AvgIpc) is 2.93. The van der Waals surface area contributed by atoms with Crippen LogP contribution in [0.4, 0.5) is 0 Å². The Morgan fingerprint density at radius 1 is 1.15 bits per heavy atom. The zero-order valence-corrected chi connectivity index (χ0v) is 11.7. The Balaban J connectivity index is 1.81. The van der Waals surface area contributed by atoms with E-state index in [1.165, 1.54) is 6.26 Å². The zero-order chi connectivity index (χ0) is 14.4. The largest absolute Gasteiger partial charge is 0.467 e. The summed E-state index contributed by atoms with van der Waals surface area (Å²) in [5, 5.41) is 9.77. The van der Waals surface area contributed by atoms with Crippen molar-refractivity contribution in [2.45, 2.75) is 18.3 Å². The van der Waals surface area contributed by atoms with E-state index in [0.29, 0.717) is 5.76 Å². The van der Waals surface area contributed by atoms with Gasteiger partial charge in [0.1, 0.15) is 11.9 Å². The van der Waals surface area contributed by atoms with Crippen molar-refractivity contribution in [2.24, 2.45) is 0 Å². The summed E-state index contributed by atoms with van der Waals surface area (Å²) in [5.74, 6) is 0.372. The molecule has 1 unspecified atom stereocenters. The normalized spacial score (nSPS) is 13.2. The Morgan fingerprint density at radius 3 is 2.55 bits per heavy atom. The maximum absolute atomic E-state index is 11.9. The van der Waals surface area contributed by atoms with E-state index in [2.05, 4.69) is 4.72 Å². The molecule has 108 valence electrons. The molecule has 20 heavy (non-hydrogen) atoms. The molecule has 0 spiro atoms. The van der Waals surface area contributed by atoms with E-state index in [1.54, 1.807) is 36.4 Å². The Hall–Kier alpha value is -1.63. The summed E-state index contributed by atoms with van der Waals surface area (Å²) in [6.07, 6.45) is 0.934. The molecule has 0 fully saturated rings. The van der Waals surface area contributed by atoms with Crippen molar-refractivity contribution in [3.63, 3.8) is 0 Å². The summed E-state index contributed by atoms with van der Waals surface area (Å²) in [7, 11) is -3.39. The molecule has 0 aliphatic carbocycles. The highest BCUT2D eigenvalue weighted by atomic mass is 32.2. The van der Waals surface area contributed by atoms with E-state index < -0.39 is 16.1 Å². The minimum atomic E-state index is -3.39. The third kappa shape index (κ3) is 4.48. The van der Waals surface area contributed by atoms with Gasteiger partial charge in [-0.3, -0.25) is 0 Å². The zero-order valence-electron chi connectivity index (χ0n) is 10.9. The summed E-state index contributed by atoms with van der Waals surface area (Å²) in [4.78, 5) is 0. The van der Waals surface area contributed by atoms with Gasteiger partial charge in [-0.15, -0.1) is 0 Å². The fourth-order valence-corrected chi connectivity index (χ4v) is 2.98. The predicted octanol–water partition coefficient (Wildman–Crippen LogP) is 1.82. The first kappa shape index (κ1) is 14.8. The van der Waals surface area contributed by atoms with Gasteiger partial charge in [0, 0.05) is 6.54 Å². The van der Waals surface area contributed by atoms with E-state index in [-0.39, 0.29) is 18.7 Å². The highest BCUT2D eigenvalue weighted by Crippen LogP contribution is 2.16. The lowest BCUT2D eigenvalue weighted by atomic mass is 10.2. The van der Waals surface area contributed by atoms with E-state index in [4.69, 9.17) is 4.42 Å². The third-order valence-electron chi connectivity index (χ3n) is 2.81. The monoisotopic (exact) mass is 295 g/mol. The molecular formula is C14H17NO4S. The van der Waals surface area contributed by atoms with Crippen LogP contribution in [-0.4, -0.2) is 20.1 Å². The van der Waals surface area contributed by atoms with Gasteiger partial charge >= 0.3 is 0 Å². The number of nitrogens with one attached hydrogen (secondary N) is 1. The standard InChI is InChI=1S/C14H17NO4S/c16-13(14-7-4-10-19-14)8-9-15-20(17,18)11-12-5-2-1-3-6-12/h1-7,10,13,15-16H,8-9,11H2. The van der Waals surface area contributed by atoms with Crippen LogP contribution in [0, 0.1) is 0 Å². The van der Waals surface area contributed by atoms with Gasteiger partial charge in [0.25, 0.3) is 0 Å². The number of aliphatic hydroxyl groups excluding tert-OH is 1. The first-order valence-electron chi connectivity index (χ1n) is 6.29. The van der Waals surface area contributed by atoms with E-state index in [0.717, 1.165) is 5.56 Å². The average molecular weight is 295 g/mol. The summed E-state index contributed by atoms with van der Waals surface area (Å²) in [6.45, 7) is 0.164. The highest BCUT2D eigenvalue weighted by molar-refractivity contribution is 7.88. The van der Waals surface area contributed by atoms with Crippen LogP contribution in [0.1, 0.15) is 23.8 Å². The first-order valence-corrected chi connectivity index (χ1v) is 7.95. The molecule has 0 radical (unpaired) electrons. The van der Waals surface area contributed by atoms with Crippen LogP contribution in [0.2, 0.25) is 0 Å². The molecule has 2 aromatic rings. The Kier molecular flexibility index (Phi) is 4.94. The fourth-order valence-electron chi connectivity index (χ4n) is 1.82. The van der Waals surface area contributed by atoms with Gasteiger partial charge in [-0.25, -0.2) is 13.1 Å². The van der Waals surface area contributed by atoms with Crippen LogP contribution in [0.5, 0.6) is 0 Å². The Morgan fingerprint density at radius 2 is 1.90 bits per heavy atom. The summed E-state index contributed by atoms with van der Waals surface area (Å²) < 4.78 is 31.2. The maximum atomic E-state index is 11.9. The molecule has 0 bridgehead atoms. The van der Waals surface area contributed by atoms with Crippen LogP contribution in [-0.2, 0) is 15.8 Å². The summed E-state index contributed by atoms with van der Waals surface area (Å²) >= 11 is 0. The van der Waals surface area contributed by atoms with Gasteiger partial charge in [-0.2, -0.15) is 0 Å². The summed E-state index contributed by atoms with van der Waals surface area (Å²) in [6, 6.07) is 12.3. The molecule has 2 rings (SSSR count). The SMILES string of the molecule is O=S(=O)(Cc1ccccc1)NCCC(O)c1ccco1. The number of hydrogen-bond donors (Lipinski definition) is 2. The van der Waals surface area contributed by atoms with Crippen molar-refractivity contribution < 1.29 is 17.9 Å². The Bertz CT molecular complexity index is 608. The van der Waals surface area contributed by atoms with Gasteiger partial charge in [0.2, 0.25) is 10.0 Å². The van der Waals surface area contributed by atoms with Gasteiger partial charge in [-0.1, -0.05) is 30.3 Å². The number of rotatable bonds is 7. The number of hydrogen-bond acceptors (Lipinski definition) is 4. The maximum Gasteiger partial charge on any atom is 0.215 e. The van der Waals surface area contributed by atoms with Crippen molar-refractivity contribution in [1.82, 2.24) is 4.72 Å². The fraction of sp³-hybridized carbons (Fsp3) is 0.286. The molecule has 1 atom stereocenters. The second-order valence-corrected chi connectivity index (χ2v) is 6.27. The molecule has 0 aliphatic rings. The minimum Gasteiger partial charge on any atom is -0.467 e. The number of furan rings is 1. The molecule has 1 heterocycles. The van der Waals surface area contributed by atoms with Crippen LogP contribution in [0.25, 0.3) is 0 Å². The van der Waals surface area contributed by atoms with Crippen molar-refractivity contribution >= 4 is 10.0 Å². The van der Waals surface area contributed by atoms with Crippen molar-refractivity contribution in [3.05, 3.63) is 60.1 Å². The van der Waals surface area contributed by atoms with E-state index in [1.807, 2.05) is 6.07 Å². The van der Waals surface area contributed by atoms with Crippen LogP contribution >= 0.6 is 0 Å². The summed E-state index contributed by atoms with van der Waals surface area (Å²) in [5.41, 5.74) is 0.728. The first-order chi connectivity index (χ1) is 9.57. The lowest BCUT2D eigenvalue weighted by Gasteiger charge is -2.09. The van der Waals surface area contributed by atoms with Crippen LogP contribution in [0.15, 0.2) is 53.1 Å². The van der Waals surface area contributed by atoms with Crippen molar-refractivity contribution in [2.75, 3.05) is 6.54 Å². The molecule has 2 N–H and O–H groups in total. The molecule has 0 saturated carbocycles. The second-order valence-electron chi connectivity index (χ2n) is 4.46. The van der Waals surface area contributed by atoms with Crippen molar-refractivity contribution in [3.8, 4) is 0 Å². The van der Waals surface area contributed by atoms with Gasteiger partial charge in [-0.05, 0) is 24.1 Å². The lowest BCUT2D eigenvalue weighted by molar-refractivity contribution is 0.142.